The van der Waals surface area contributed by atoms with E-state index >= 15 is 0 Å². The van der Waals surface area contributed by atoms with Crippen molar-refractivity contribution in [2.24, 2.45) is 17.6 Å². The fourth-order valence-corrected chi connectivity index (χ4v) is 1.39. The topological polar surface area (TPSA) is 26.0 Å². The fourth-order valence-electron chi connectivity index (χ4n) is 1.39. The van der Waals surface area contributed by atoms with Gasteiger partial charge in [0.2, 0.25) is 0 Å². The SMILES string of the molecule is CC(C)C[C@@H](C)CCCN. The molecule has 0 amide bonds. The van der Waals surface area contributed by atoms with Gasteiger partial charge in [-0.05, 0) is 37.6 Å². The van der Waals surface area contributed by atoms with Crippen LogP contribution >= 0.6 is 0 Å². The number of hydrogen-bond acceptors (Lipinski definition) is 1. The number of nitrogens with two attached hydrogens (primary N) is 1. The van der Waals surface area contributed by atoms with E-state index in [0.29, 0.717) is 0 Å². The van der Waals surface area contributed by atoms with Gasteiger partial charge in [0.05, 0.1) is 0 Å². The lowest BCUT2D eigenvalue weighted by Crippen LogP contribution is -2.04. The molecule has 0 radical (unpaired) electrons. The van der Waals surface area contributed by atoms with Crippen LogP contribution < -0.4 is 5.73 Å². The highest BCUT2D eigenvalue weighted by Crippen LogP contribution is 2.15. The van der Waals surface area contributed by atoms with E-state index in [1.807, 2.05) is 0 Å². The Labute approximate surface area is 65.0 Å². The van der Waals surface area contributed by atoms with Crippen molar-refractivity contribution in [1.82, 2.24) is 0 Å². The summed E-state index contributed by atoms with van der Waals surface area (Å²) in [5.74, 6) is 1.70. The summed E-state index contributed by atoms with van der Waals surface area (Å²) < 4.78 is 0. The zero-order valence-electron chi connectivity index (χ0n) is 7.56. The second kappa shape index (κ2) is 5.72. The van der Waals surface area contributed by atoms with Crippen LogP contribution in [0.2, 0.25) is 0 Å². The molecular formula is C9H21N. The lowest BCUT2D eigenvalue weighted by atomic mass is 9.95. The Morgan fingerprint density at radius 1 is 1.20 bits per heavy atom. The predicted octanol–water partition coefficient (Wildman–Crippen LogP) is 2.41. The molecule has 1 heteroatoms. The molecule has 0 aromatic carbocycles. The van der Waals surface area contributed by atoms with E-state index < -0.39 is 0 Å². The highest BCUT2D eigenvalue weighted by atomic mass is 14.5. The van der Waals surface area contributed by atoms with Crippen molar-refractivity contribution in [3.05, 3.63) is 0 Å². The maximum atomic E-state index is 5.41. The van der Waals surface area contributed by atoms with E-state index in [1.54, 1.807) is 0 Å². The third-order valence-corrected chi connectivity index (χ3v) is 1.77. The molecule has 0 fully saturated rings. The van der Waals surface area contributed by atoms with E-state index in [0.717, 1.165) is 18.4 Å². The number of rotatable bonds is 5. The summed E-state index contributed by atoms with van der Waals surface area (Å²) in [6, 6.07) is 0. The largest absolute Gasteiger partial charge is 0.330 e. The van der Waals surface area contributed by atoms with E-state index in [-0.39, 0.29) is 0 Å². The molecule has 2 N–H and O–H groups in total. The lowest BCUT2D eigenvalue weighted by Gasteiger charge is -2.12. The van der Waals surface area contributed by atoms with E-state index in [9.17, 15) is 0 Å². The summed E-state index contributed by atoms with van der Waals surface area (Å²) in [6.07, 6.45) is 3.84. The molecule has 0 bridgehead atoms. The van der Waals surface area contributed by atoms with Crippen molar-refractivity contribution >= 4 is 0 Å². The van der Waals surface area contributed by atoms with Gasteiger partial charge in [0.25, 0.3) is 0 Å². The Morgan fingerprint density at radius 3 is 2.20 bits per heavy atom. The molecule has 0 spiro atoms. The molecule has 0 rings (SSSR count). The Kier molecular flexibility index (Phi) is 5.70. The van der Waals surface area contributed by atoms with E-state index in [4.69, 9.17) is 5.73 Å². The van der Waals surface area contributed by atoms with Crippen molar-refractivity contribution in [2.75, 3.05) is 6.54 Å². The summed E-state index contributed by atoms with van der Waals surface area (Å²) >= 11 is 0. The molecule has 0 aliphatic heterocycles. The molecule has 1 nitrogen and oxygen atoms in total. The van der Waals surface area contributed by atoms with E-state index in [1.165, 1.54) is 19.3 Å². The van der Waals surface area contributed by atoms with Crippen LogP contribution in [0.4, 0.5) is 0 Å². The molecule has 0 unspecified atom stereocenters. The molecular weight excluding hydrogens is 122 g/mol. The molecule has 0 aromatic rings. The van der Waals surface area contributed by atoms with Crippen molar-refractivity contribution in [3.63, 3.8) is 0 Å². The maximum Gasteiger partial charge on any atom is -0.00772 e. The summed E-state index contributed by atoms with van der Waals surface area (Å²) in [5.41, 5.74) is 5.41. The van der Waals surface area contributed by atoms with Crippen LogP contribution in [0.15, 0.2) is 0 Å². The highest BCUT2D eigenvalue weighted by molar-refractivity contribution is 4.56. The molecule has 0 heterocycles. The van der Waals surface area contributed by atoms with Crippen molar-refractivity contribution in [3.8, 4) is 0 Å². The molecule has 10 heavy (non-hydrogen) atoms. The predicted molar refractivity (Wildman–Crippen MR) is 46.9 cm³/mol. The number of hydrogen-bond donors (Lipinski definition) is 1. The summed E-state index contributed by atoms with van der Waals surface area (Å²) in [5, 5.41) is 0. The first-order chi connectivity index (χ1) is 4.66. The smallest absolute Gasteiger partial charge is 0.00772 e. The van der Waals surface area contributed by atoms with Gasteiger partial charge in [-0.1, -0.05) is 20.8 Å². The summed E-state index contributed by atoms with van der Waals surface area (Å²) in [7, 11) is 0. The Balaban J connectivity index is 3.16. The fraction of sp³-hybridized carbons (Fsp3) is 1.00. The van der Waals surface area contributed by atoms with Gasteiger partial charge in [-0.25, -0.2) is 0 Å². The second-order valence-corrected chi connectivity index (χ2v) is 3.67. The van der Waals surface area contributed by atoms with Crippen LogP contribution in [-0.2, 0) is 0 Å². The minimum absolute atomic E-state index is 0.841. The average molecular weight is 143 g/mol. The van der Waals surface area contributed by atoms with Gasteiger partial charge in [-0.2, -0.15) is 0 Å². The van der Waals surface area contributed by atoms with Crippen molar-refractivity contribution in [2.45, 2.75) is 40.0 Å². The zero-order valence-corrected chi connectivity index (χ0v) is 7.56. The van der Waals surface area contributed by atoms with Crippen LogP contribution in [0.5, 0.6) is 0 Å². The van der Waals surface area contributed by atoms with Gasteiger partial charge in [-0.3, -0.25) is 0 Å². The highest BCUT2D eigenvalue weighted by Gasteiger charge is 2.03. The Hall–Kier alpha value is -0.0400. The van der Waals surface area contributed by atoms with Crippen LogP contribution in [-0.4, -0.2) is 6.54 Å². The Morgan fingerprint density at radius 2 is 1.80 bits per heavy atom. The van der Waals surface area contributed by atoms with Crippen LogP contribution in [0.1, 0.15) is 40.0 Å². The van der Waals surface area contributed by atoms with Crippen LogP contribution in [0, 0.1) is 11.8 Å². The third-order valence-electron chi connectivity index (χ3n) is 1.77. The molecule has 62 valence electrons. The molecule has 0 aromatic heterocycles. The van der Waals surface area contributed by atoms with Crippen molar-refractivity contribution in [1.29, 1.82) is 0 Å². The first-order valence-corrected chi connectivity index (χ1v) is 4.37. The third kappa shape index (κ3) is 6.09. The molecule has 0 aliphatic rings. The minimum atomic E-state index is 0.841. The first-order valence-electron chi connectivity index (χ1n) is 4.37. The molecule has 1 atom stereocenters. The summed E-state index contributed by atoms with van der Waals surface area (Å²) in [6.45, 7) is 7.72. The molecule has 0 aliphatic carbocycles. The van der Waals surface area contributed by atoms with Crippen LogP contribution in [0.3, 0.4) is 0 Å². The normalized spacial score (nSPS) is 14.1. The average Bonchev–Trinajstić information content (AvgIpc) is 1.82. The lowest BCUT2D eigenvalue weighted by molar-refractivity contribution is 0.408. The van der Waals surface area contributed by atoms with Gasteiger partial charge >= 0.3 is 0 Å². The van der Waals surface area contributed by atoms with Gasteiger partial charge in [0.1, 0.15) is 0 Å². The van der Waals surface area contributed by atoms with Gasteiger partial charge < -0.3 is 5.73 Å². The standard InChI is InChI=1S/C9H21N/c1-8(2)7-9(3)5-4-6-10/h8-9H,4-7,10H2,1-3H3/t9-/m0/s1. The van der Waals surface area contributed by atoms with Crippen molar-refractivity contribution < 1.29 is 0 Å². The zero-order chi connectivity index (χ0) is 7.98. The monoisotopic (exact) mass is 143 g/mol. The quantitative estimate of drug-likeness (QED) is 0.628. The maximum absolute atomic E-state index is 5.41. The molecule has 0 saturated heterocycles. The molecule has 0 saturated carbocycles. The van der Waals surface area contributed by atoms with Gasteiger partial charge in [0.15, 0.2) is 0 Å². The van der Waals surface area contributed by atoms with Gasteiger partial charge in [0, 0.05) is 0 Å². The van der Waals surface area contributed by atoms with E-state index in [2.05, 4.69) is 20.8 Å². The first kappa shape index (κ1) is 9.96. The van der Waals surface area contributed by atoms with Crippen LogP contribution in [0.25, 0.3) is 0 Å². The minimum Gasteiger partial charge on any atom is -0.330 e. The second-order valence-electron chi connectivity index (χ2n) is 3.67. The Bertz CT molecular complexity index is 69.1. The summed E-state index contributed by atoms with van der Waals surface area (Å²) in [4.78, 5) is 0. The van der Waals surface area contributed by atoms with Gasteiger partial charge in [-0.15, -0.1) is 0 Å².